The second-order valence-electron chi connectivity index (χ2n) is 14.7. The van der Waals surface area contributed by atoms with E-state index >= 15 is 0 Å². The molecule has 0 N–H and O–H groups in total. The van der Waals surface area contributed by atoms with Gasteiger partial charge in [-0.1, -0.05) is 115 Å². The van der Waals surface area contributed by atoms with Crippen molar-refractivity contribution in [3.05, 3.63) is 164 Å². The van der Waals surface area contributed by atoms with E-state index in [1.54, 1.807) is 0 Å². The van der Waals surface area contributed by atoms with Crippen LogP contribution < -0.4 is 0 Å². The summed E-state index contributed by atoms with van der Waals surface area (Å²) in [6.45, 7) is 0. The molecule has 6 nitrogen and oxygen atoms in total. The number of aromatic nitrogens is 3. The van der Waals surface area contributed by atoms with E-state index in [0.717, 1.165) is 109 Å². The Labute approximate surface area is 323 Å². The first-order chi connectivity index (χ1) is 28.2. The minimum Gasteiger partial charge on any atom is -0.456 e. The lowest BCUT2D eigenvalue weighted by Crippen LogP contribution is -2.01. The largest absolute Gasteiger partial charge is 0.456 e. The Hall–Kier alpha value is -7.83. The number of fused-ring (bicyclic) bond motifs is 14. The van der Waals surface area contributed by atoms with Crippen molar-refractivity contribution in [1.82, 2.24) is 15.0 Å². The number of benzene rings is 9. The molecule has 13 rings (SSSR count). The highest BCUT2D eigenvalue weighted by molar-refractivity contribution is 6.22. The lowest BCUT2D eigenvalue weighted by atomic mass is 9.98. The topological polar surface area (TPSA) is 78.1 Å². The third-order valence-electron chi connectivity index (χ3n) is 11.5. The van der Waals surface area contributed by atoms with Crippen molar-refractivity contribution >= 4 is 98.1 Å². The molecule has 0 amide bonds. The molecule has 0 bridgehead atoms. The maximum Gasteiger partial charge on any atom is 0.164 e. The molecule has 0 radical (unpaired) electrons. The smallest absolute Gasteiger partial charge is 0.164 e. The lowest BCUT2D eigenvalue weighted by molar-refractivity contribution is 0.669. The quantitative estimate of drug-likeness (QED) is 0.180. The zero-order valence-electron chi connectivity index (χ0n) is 30.2. The van der Waals surface area contributed by atoms with Crippen molar-refractivity contribution in [2.75, 3.05) is 0 Å². The summed E-state index contributed by atoms with van der Waals surface area (Å²) < 4.78 is 19.8. The van der Waals surface area contributed by atoms with E-state index in [4.69, 9.17) is 28.2 Å². The summed E-state index contributed by atoms with van der Waals surface area (Å²) in [5.41, 5.74) is 7.38. The third-order valence-corrected chi connectivity index (χ3v) is 11.5. The van der Waals surface area contributed by atoms with Gasteiger partial charge in [-0.05, 0) is 70.1 Å². The van der Waals surface area contributed by atoms with Gasteiger partial charge in [0, 0.05) is 59.8 Å². The van der Waals surface area contributed by atoms with Crippen LogP contribution in [0.15, 0.2) is 177 Å². The van der Waals surface area contributed by atoms with E-state index in [-0.39, 0.29) is 0 Å². The number of hydrogen-bond donors (Lipinski definition) is 0. The second kappa shape index (κ2) is 11.4. The standard InChI is InChI=1S/C51H27N3O3/c1-2-12-29-26-44-38(23-28(29)11-1)35-22-21-32(27-43(35)55-44)49-52-50(39-24-30-13-3-5-15-33(30)47-45(39)36-17-7-9-19-41(36)56-47)54-51(53-49)40-25-31-14-4-6-16-34(31)48-46(40)37-18-8-10-20-42(37)57-48/h1-27H. The summed E-state index contributed by atoms with van der Waals surface area (Å²) in [5.74, 6) is 1.62. The van der Waals surface area contributed by atoms with Crippen LogP contribution in [-0.2, 0) is 0 Å². The van der Waals surface area contributed by atoms with Gasteiger partial charge in [0.1, 0.15) is 33.5 Å². The van der Waals surface area contributed by atoms with Crippen LogP contribution in [0.1, 0.15) is 0 Å². The van der Waals surface area contributed by atoms with E-state index in [1.165, 1.54) is 5.39 Å². The van der Waals surface area contributed by atoms with Gasteiger partial charge in [-0.15, -0.1) is 0 Å². The average molecular weight is 730 g/mol. The first-order valence-corrected chi connectivity index (χ1v) is 19.0. The number of furan rings is 3. The number of para-hydroxylation sites is 2. The number of nitrogens with zero attached hydrogens (tertiary/aromatic N) is 3. The van der Waals surface area contributed by atoms with Gasteiger partial charge in [-0.25, -0.2) is 15.0 Å². The molecule has 13 aromatic rings. The molecule has 4 aromatic heterocycles. The minimum atomic E-state index is 0.533. The van der Waals surface area contributed by atoms with Gasteiger partial charge in [0.2, 0.25) is 0 Å². The van der Waals surface area contributed by atoms with Crippen molar-refractivity contribution in [1.29, 1.82) is 0 Å². The van der Waals surface area contributed by atoms with Crippen LogP contribution >= 0.6 is 0 Å². The molecular formula is C51H27N3O3. The molecule has 0 saturated heterocycles. The highest BCUT2D eigenvalue weighted by Gasteiger charge is 2.23. The Morgan fingerprint density at radius 2 is 0.772 bits per heavy atom. The van der Waals surface area contributed by atoms with Crippen LogP contribution in [0, 0.1) is 0 Å². The molecule has 0 unspecified atom stereocenters. The van der Waals surface area contributed by atoms with Gasteiger partial charge < -0.3 is 13.3 Å². The predicted octanol–water partition coefficient (Wildman–Crippen LogP) is 14.0. The fraction of sp³-hybridized carbons (Fsp3) is 0. The molecule has 0 aliphatic heterocycles. The van der Waals surface area contributed by atoms with E-state index in [9.17, 15) is 0 Å². The summed E-state index contributed by atoms with van der Waals surface area (Å²) >= 11 is 0. The molecule has 0 atom stereocenters. The van der Waals surface area contributed by atoms with Gasteiger partial charge >= 0.3 is 0 Å². The van der Waals surface area contributed by atoms with Crippen LogP contribution in [0.4, 0.5) is 0 Å². The summed E-state index contributed by atoms with van der Waals surface area (Å²) in [6.07, 6.45) is 0. The van der Waals surface area contributed by atoms with Crippen molar-refractivity contribution in [2.45, 2.75) is 0 Å². The molecule has 6 heteroatoms. The predicted molar refractivity (Wildman–Crippen MR) is 230 cm³/mol. The molecule has 0 aliphatic carbocycles. The van der Waals surface area contributed by atoms with Crippen molar-refractivity contribution in [3.8, 4) is 34.2 Å². The van der Waals surface area contributed by atoms with Crippen LogP contribution in [0.2, 0.25) is 0 Å². The average Bonchev–Trinajstić information content (AvgIpc) is 3.96. The van der Waals surface area contributed by atoms with E-state index in [2.05, 4.69) is 103 Å². The van der Waals surface area contributed by atoms with E-state index in [0.29, 0.717) is 17.5 Å². The van der Waals surface area contributed by atoms with Crippen molar-refractivity contribution in [3.63, 3.8) is 0 Å². The summed E-state index contributed by atoms with van der Waals surface area (Å²) in [5, 5.41) is 12.5. The van der Waals surface area contributed by atoms with Crippen LogP contribution in [0.5, 0.6) is 0 Å². The van der Waals surface area contributed by atoms with Crippen LogP contribution in [-0.4, -0.2) is 15.0 Å². The first-order valence-electron chi connectivity index (χ1n) is 19.0. The number of rotatable bonds is 3. The molecular weight excluding hydrogens is 703 g/mol. The van der Waals surface area contributed by atoms with Gasteiger partial charge in [-0.3, -0.25) is 0 Å². The molecule has 0 fully saturated rings. The maximum absolute atomic E-state index is 6.61. The Morgan fingerprint density at radius 3 is 1.37 bits per heavy atom. The van der Waals surface area contributed by atoms with Gasteiger partial charge in [0.15, 0.2) is 17.5 Å². The van der Waals surface area contributed by atoms with Crippen molar-refractivity contribution < 1.29 is 13.3 Å². The van der Waals surface area contributed by atoms with E-state index in [1.807, 2.05) is 60.7 Å². The fourth-order valence-corrected chi connectivity index (χ4v) is 8.82. The fourth-order valence-electron chi connectivity index (χ4n) is 8.82. The van der Waals surface area contributed by atoms with Gasteiger partial charge in [0.05, 0.1) is 0 Å². The second-order valence-corrected chi connectivity index (χ2v) is 14.7. The molecule has 57 heavy (non-hydrogen) atoms. The van der Waals surface area contributed by atoms with Crippen molar-refractivity contribution in [2.24, 2.45) is 0 Å². The normalized spacial score (nSPS) is 12.2. The molecule has 4 heterocycles. The minimum absolute atomic E-state index is 0.533. The summed E-state index contributed by atoms with van der Waals surface area (Å²) in [7, 11) is 0. The molecule has 0 spiro atoms. The van der Waals surface area contributed by atoms with Crippen LogP contribution in [0.3, 0.4) is 0 Å². The first kappa shape index (κ1) is 30.5. The number of hydrogen-bond acceptors (Lipinski definition) is 6. The van der Waals surface area contributed by atoms with E-state index < -0.39 is 0 Å². The third kappa shape index (κ3) is 4.43. The monoisotopic (exact) mass is 729 g/mol. The Kier molecular flexibility index (Phi) is 6.07. The van der Waals surface area contributed by atoms with Crippen LogP contribution in [0.25, 0.3) is 132 Å². The van der Waals surface area contributed by atoms with Gasteiger partial charge in [-0.2, -0.15) is 0 Å². The maximum atomic E-state index is 6.61. The Morgan fingerprint density at radius 1 is 0.298 bits per heavy atom. The zero-order valence-corrected chi connectivity index (χ0v) is 30.2. The summed E-state index contributed by atoms with van der Waals surface area (Å²) in [4.78, 5) is 16.0. The highest BCUT2D eigenvalue weighted by atomic mass is 16.3. The summed E-state index contributed by atoms with van der Waals surface area (Å²) in [6, 6.07) is 56.2. The Bertz CT molecular complexity index is 3660. The zero-order chi connectivity index (χ0) is 37.2. The molecule has 9 aromatic carbocycles. The molecule has 0 saturated carbocycles. The van der Waals surface area contributed by atoms with Gasteiger partial charge in [0.25, 0.3) is 0 Å². The SMILES string of the molecule is c1ccc2cc3c(cc2c1)oc1cc(-c2nc(-c4cc5ccccc5c5oc6ccccc6c45)nc(-c4cc5ccccc5c5oc6ccccc6c45)n2)ccc13. The molecule has 264 valence electrons. The lowest BCUT2D eigenvalue weighted by Gasteiger charge is -2.12. The Balaban J connectivity index is 1.13. The highest BCUT2D eigenvalue weighted by Crippen LogP contribution is 2.44. The molecule has 0 aliphatic rings.